The summed E-state index contributed by atoms with van der Waals surface area (Å²) in [6.07, 6.45) is 13.8. The second kappa shape index (κ2) is 12.5. The van der Waals surface area contributed by atoms with Crippen LogP contribution >= 0.6 is 11.3 Å². The maximum atomic E-state index is 10.7. The summed E-state index contributed by atoms with van der Waals surface area (Å²) in [4.78, 5) is 14.7. The van der Waals surface area contributed by atoms with Crippen molar-refractivity contribution in [3.05, 3.63) is 59.5 Å². The number of carboxylic acids is 1. The minimum absolute atomic E-state index is 0.216. The van der Waals surface area contributed by atoms with E-state index in [1.807, 2.05) is 6.08 Å². The molecular weight excluding hydrogens is 430 g/mol. The van der Waals surface area contributed by atoms with Crippen LogP contribution in [0.4, 0.5) is 0 Å². The Bertz CT molecular complexity index is 871. The maximum absolute atomic E-state index is 10.7. The van der Waals surface area contributed by atoms with Crippen molar-refractivity contribution >= 4 is 17.3 Å². The van der Waals surface area contributed by atoms with Crippen molar-refractivity contribution in [2.75, 3.05) is 13.1 Å². The monoisotopic (exact) mass is 467 g/mol. The number of hydrogen-bond acceptors (Lipinski definition) is 4. The lowest BCUT2D eigenvalue weighted by Gasteiger charge is -2.37. The highest BCUT2D eigenvalue weighted by atomic mass is 32.1. The zero-order chi connectivity index (χ0) is 22.9. The molecule has 2 aliphatic rings. The highest BCUT2D eigenvalue weighted by Gasteiger charge is 2.39. The Morgan fingerprint density at radius 2 is 1.85 bits per heavy atom. The van der Waals surface area contributed by atoms with Gasteiger partial charge in [0.25, 0.3) is 0 Å². The third kappa shape index (κ3) is 7.02. The van der Waals surface area contributed by atoms with Gasteiger partial charge in [-0.25, -0.2) is 0 Å². The number of nitrogens with zero attached hydrogens (tertiary/aromatic N) is 1. The lowest BCUT2D eigenvalue weighted by atomic mass is 9.93. The number of rotatable bonds is 11. The Hall–Kier alpha value is -1.95. The van der Waals surface area contributed by atoms with Crippen LogP contribution in [0.3, 0.4) is 0 Å². The highest BCUT2D eigenvalue weighted by molar-refractivity contribution is 7.13. The molecule has 0 amide bonds. The van der Waals surface area contributed by atoms with Crippen molar-refractivity contribution < 1.29 is 14.6 Å². The Morgan fingerprint density at radius 1 is 1.06 bits per heavy atom. The molecule has 4 rings (SSSR count). The Morgan fingerprint density at radius 3 is 2.58 bits per heavy atom. The predicted octanol–water partition coefficient (Wildman–Crippen LogP) is 6.77. The van der Waals surface area contributed by atoms with Gasteiger partial charge in [0.05, 0.1) is 12.7 Å². The largest absolute Gasteiger partial charge is 0.481 e. The summed E-state index contributed by atoms with van der Waals surface area (Å²) in [5.74, 6) is -0.171. The standard InChI is InChI=1S/C28H37NO3S/c30-28(31)11-5-2-1-4-9-24-25(29-18-6-3-7-19-29)16-17-26(24)32-21-22-12-14-23(15-13-22)27-10-8-20-33-27/h1-2,8,10,12-15,20,24-26H,3-7,9,11,16-19,21H2,(H,30,31)/b2-1-/t24-,25+,26+/m1/s1. The van der Waals surface area contributed by atoms with Gasteiger partial charge >= 0.3 is 5.97 Å². The van der Waals surface area contributed by atoms with Crippen molar-refractivity contribution in [1.82, 2.24) is 4.90 Å². The summed E-state index contributed by atoms with van der Waals surface area (Å²) in [6.45, 7) is 3.13. The summed E-state index contributed by atoms with van der Waals surface area (Å²) in [6, 6.07) is 13.7. The molecule has 2 aromatic rings. The molecule has 2 heterocycles. The van der Waals surface area contributed by atoms with Crippen LogP contribution in [0.2, 0.25) is 0 Å². The molecule has 0 radical (unpaired) electrons. The van der Waals surface area contributed by atoms with Crippen molar-refractivity contribution in [3.8, 4) is 10.4 Å². The average Bonchev–Trinajstić information content (AvgIpc) is 3.51. The lowest BCUT2D eigenvalue weighted by Crippen LogP contribution is -2.43. The third-order valence-electron chi connectivity index (χ3n) is 7.16. The molecule has 0 unspecified atom stereocenters. The number of thiophene rings is 1. The van der Waals surface area contributed by atoms with Gasteiger partial charge in [-0.1, -0.05) is 48.9 Å². The van der Waals surface area contributed by atoms with Crippen LogP contribution in [0.1, 0.15) is 63.4 Å². The second-order valence-electron chi connectivity index (χ2n) is 9.41. The van der Waals surface area contributed by atoms with Crippen LogP contribution in [-0.2, 0) is 16.1 Å². The maximum Gasteiger partial charge on any atom is 0.303 e. The average molecular weight is 468 g/mol. The first-order valence-electron chi connectivity index (χ1n) is 12.6. The summed E-state index contributed by atoms with van der Waals surface area (Å²) in [5, 5.41) is 10.9. The van der Waals surface area contributed by atoms with Crippen molar-refractivity contribution in [3.63, 3.8) is 0 Å². The van der Waals surface area contributed by atoms with Gasteiger partial charge in [0, 0.05) is 23.3 Å². The lowest BCUT2D eigenvalue weighted by molar-refractivity contribution is -0.136. The van der Waals surface area contributed by atoms with Crippen molar-refractivity contribution in [1.29, 1.82) is 0 Å². The molecular formula is C28H37NO3S. The first-order valence-corrected chi connectivity index (χ1v) is 13.4. The van der Waals surface area contributed by atoms with E-state index >= 15 is 0 Å². The predicted molar refractivity (Wildman–Crippen MR) is 136 cm³/mol. The van der Waals surface area contributed by atoms with Gasteiger partial charge in [-0.15, -0.1) is 11.3 Å². The van der Waals surface area contributed by atoms with Gasteiger partial charge in [-0.05, 0) is 80.6 Å². The van der Waals surface area contributed by atoms with Crippen LogP contribution < -0.4 is 0 Å². The van der Waals surface area contributed by atoms with Crippen molar-refractivity contribution in [2.24, 2.45) is 5.92 Å². The number of ether oxygens (including phenoxy) is 1. The van der Waals surface area contributed by atoms with E-state index in [4.69, 9.17) is 9.84 Å². The molecule has 1 aromatic heterocycles. The minimum atomic E-state index is -0.725. The first-order chi connectivity index (χ1) is 16.2. The van der Waals surface area contributed by atoms with Gasteiger partial charge in [-0.3, -0.25) is 4.79 Å². The smallest absolute Gasteiger partial charge is 0.303 e. The summed E-state index contributed by atoms with van der Waals surface area (Å²) >= 11 is 1.77. The number of aliphatic carboxylic acids is 1. The number of piperidine rings is 1. The van der Waals surface area contributed by atoms with Gasteiger partial charge < -0.3 is 14.7 Å². The molecule has 1 aromatic carbocycles. The number of benzene rings is 1. The van der Waals surface area contributed by atoms with E-state index in [1.54, 1.807) is 11.3 Å². The minimum Gasteiger partial charge on any atom is -0.481 e. The van der Waals surface area contributed by atoms with Gasteiger partial charge in [0.15, 0.2) is 0 Å². The molecule has 33 heavy (non-hydrogen) atoms. The van der Waals surface area contributed by atoms with E-state index < -0.39 is 5.97 Å². The molecule has 3 atom stereocenters. The molecule has 1 aliphatic carbocycles. The third-order valence-corrected chi connectivity index (χ3v) is 8.08. The Kier molecular flexibility index (Phi) is 9.16. The van der Waals surface area contributed by atoms with E-state index in [0.29, 0.717) is 31.1 Å². The van der Waals surface area contributed by atoms with Crippen LogP contribution in [0.5, 0.6) is 0 Å². The molecule has 1 aliphatic heterocycles. The fourth-order valence-electron chi connectivity index (χ4n) is 5.44. The zero-order valence-corrected chi connectivity index (χ0v) is 20.3. The van der Waals surface area contributed by atoms with Crippen LogP contribution in [0.25, 0.3) is 10.4 Å². The Balaban J connectivity index is 1.33. The van der Waals surface area contributed by atoms with E-state index in [2.05, 4.69) is 52.8 Å². The molecule has 1 saturated heterocycles. The SMILES string of the molecule is O=C(O)CC/C=C\CC[C@H]1[C@@H](OCc2ccc(-c3cccs3)cc2)CC[C@@H]1N1CCCCC1. The number of carboxylic acid groups (broad SMARTS) is 1. The molecule has 178 valence electrons. The van der Waals surface area contributed by atoms with Gasteiger partial charge in [-0.2, -0.15) is 0 Å². The summed E-state index contributed by atoms with van der Waals surface area (Å²) in [5.41, 5.74) is 2.51. The summed E-state index contributed by atoms with van der Waals surface area (Å²) < 4.78 is 6.54. The first kappa shape index (κ1) is 24.2. The van der Waals surface area contributed by atoms with Gasteiger partial charge in [0.1, 0.15) is 0 Å². The molecule has 0 spiro atoms. The summed E-state index contributed by atoms with van der Waals surface area (Å²) in [7, 11) is 0. The fraction of sp³-hybridized carbons (Fsp3) is 0.536. The number of allylic oxidation sites excluding steroid dienone is 2. The van der Waals surface area contributed by atoms with E-state index in [1.165, 1.54) is 54.8 Å². The number of hydrogen-bond donors (Lipinski definition) is 1. The van der Waals surface area contributed by atoms with E-state index in [9.17, 15) is 4.79 Å². The Labute approximate surface area is 202 Å². The van der Waals surface area contributed by atoms with Gasteiger partial charge in [0.2, 0.25) is 0 Å². The van der Waals surface area contributed by atoms with E-state index in [0.717, 1.165) is 19.3 Å². The van der Waals surface area contributed by atoms with Crippen LogP contribution in [-0.4, -0.2) is 41.2 Å². The van der Waals surface area contributed by atoms with E-state index in [-0.39, 0.29) is 6.42 Å². The zero-order valence-electron chi connectivity index (χ0n) is 19.5. The normalized spacial score (nSPS) is 23.9. The fourth-order valence-corrected chi connectivity index (χ4v) is 6.18. The molecule has 1 saturated carbocycles. The molecule has 5 heteroatoms. The van der Waals surface area contributed by atoms with Crippen LogP contribution in [0.15, 0.2) is 53.9 Å². The molecule has 0 bridgehead atoms. The highest BCUT2D eigenvalue weighted by Crippen LogP contribution is 2.37. The van der Waals surface area contributed by atoms with Crippen LogP contribution in [0, 0.1) is 5.92 Å². The molecule has 4 nitrogen and oxygen atoms in total. The topological polar surface area (TPSA) is 49.8 Å². The quantitative estimate of drug-likeness (QED) is 0.371. The second-order valence-corrected chi connectivity index (χ2v) is 10.4. The van der Waals surface area contributed by atoms with Crippen molar-refractivity contribution in [2.45, 2.75) is 76.5 Å². The number of carbonyl (C=O) groups is 1. The molecule has 2 fully saturated rings. The molecule has 1 N–H and O–H groups in total. The number of likely N-dealkylation sites (tertiary alicyclic amines) is 1.